The quantitative estimate of drug-likeness (QED) is 0.780. The van der Waals surface area contributed by atoms with Crippen molar-refractivity contribution in [2.24, 2.45) is 0 Å². The molecule has 0 unspecified atom stereocenters. The van der Waals surface area contributed by atoms with Gasteiger partial charge in [-0.3, -0.25) is 9.89 Å². The largest absolute Gasteiger partial charge is 0.478 e. The minimum Gasteiger partial charge on any atom is -0.478 e. The summed E-state index contributed by atoms with van der Waals surface area (Å²) in [6.45, 7) is 4.87. The Labute approximate surface area is 150 Å². The molecule has 1 fully saturated rings. The molecule has 26 heavy (non-hydrogen) atoms. The second-order valence-corrected chi connectivity index (χ2v) is 6.04. The molecule has 3 heterocycles. The molecule has 134 valence electrons. The number of H-pyrrole nitrogens is 1. The van der Waals surface area contributed by atoms with Crippen molar-refractivity contribution >= 4 is 16.9 Å². The topological polar surface area (TPSA) is 80.3 Å². The van der Waals surface area contributed by atoms with Crippen molar-refractivity contribution in [3.63, 3.8) is 0 Å². The molecule has 4 rings (SSSR count). The fraction of sp³-hybridized carbons (Fsp3) is 0.316. The monoisotopic (exact) mass is 352 g/mol. The Balaban J connectivity index is 1.69. The predicted molar refractivity (Wildman–Crippen MR) is 97.2 cm³/mol. The SMILES string of the molecule is CCOc1ccc2[nH]nc(-c3cccc(C(=O)N4CCOCC4)c3)c2n1. The first kappa shape index (κ1) is 16.5. The average molecular weight is 352 g/mol. The summed E-state index contributed by atoms with van der Waals surface area (Å²) in [7, 11) is 0. The molecule has 0 radical (unpaired) electrons. The number of rotatable bonds is 4. The lowest BCUT2D eigenvalue weighted by Gasteiger charge is -2.26. The van der Waals surface area contributed by atoms with Crippen LogP contribution in [0, 0.1) is 0 Å². The lowest BCUT2D eigenvalue weighted by molar-refractivity contribution is 0.0303. The number of benzene rings is 1. The molecule has 0 spiro atoms. The number of amides is 1. The Hall–Kier alpha value is -2.93. The van der Waals surface area contributed by atoms with Gasteiger partial charge < -0.3 is 14.4 Å². The number of nitrogens with zero attached hydrogens (tertiary/aromatic N) is 3. The third-order valence-corrected chi connectivity index (χ3v) is 4.36. The van der Waals surface area contributed by atoms with Crippen LogP contribution in [0.15, 0.2) is 36.4 Å². The van der Waals surface area contributed by atoms with Crippen LogP contribution in [0.25, 0.3) is 22.3 Å². The van der Waals surface area contributed by atoms with E-state index >= 15 is 0 Å². The van der Waals surface area contributed by atoms with Crippen LogP contribution in [-0.2, 0) is 4.74 Å². The number of aromatic amines is 1. The van der Waals surface area contributed by atoms with Crippen LogP contribution < -0.4 is 4.74 Å². The summed E-state index contributed by atoms with van der Waals surface area (Å²) < 4.78 is 10.8. The van der Waals surface area contributed by atoms with Crippen LogP contribution >= 0.6 is 0 Å². The van der Waals surface area contributed by atoms with E-state index in [1.54, 1.807) is 0 Å². The number of hydrogen-bond donors (Lipinski definition) is 1. The lowest BCUT2D eigenvalue weighted by Crippen LogP contribution is -2.40. The van der Waals surface area contributed by atoms with E-state index in [2.05, 4.69) is 15.2 Å². The van der Waals surface area contributed by atoms with Crippen LogP contribution in [0.4, 0.5) is 0 Å². The number of pyridine rings is 1. The Morgan fingerprint density at radius 2 is 2.12 bits per heavy atom. The van der Waals surface area contributed by atoms with E-state index in [0.29, 0.717) is 50.0 Å². The molecule has 1 aliphatic heterocycles. The van der Waals surface area contributed by atoms with E-state index in [4.69, 9.17) is 9.47 Å². The fourth-order valence-electron chi connectivity index (χ4n) is 3.06. The molecular formula is C19H20N4O3. The van der Waals surface area contributed by atoms with E-state index in [1.807, 2.05) is 48.2 Å². The predicted octanol–water partition coefficient (Wildman–Crippen LogP) is 2.50. The van der Waals surface area contributed by atoms with E-state index in [1.165, 1.54) is 0 Å². The van der Waals surface area contributed by atoms with Gasteiger partial charge in [0.15, 0.2) is 0 Å². The number of hydrogen-bond acceptors (Lipinski definition) is 5. The smallest absolute Gasteiger partial charge is 0.254 e. The third kappa shape index (κ3) is 3.13. The standard InChI is InChI=1S/C19H20N4O3/c1-2-26-16-7-6-15-18(20-16)17(22-21-15)13-4-3-5-14(12-13)19(24)23-8-10-25-11-9-23/h3-7,12H,2,8-11H2,1H3,(H,21,22). The number of fused-ring (bicyclic) bond motifs is 1. The van der Waals surface area contributed by atoms with Gasteiger partial charge in [-0.05, 0) is 25.1 Å². The first-order chi connectivity index (χ1) is 12.8. The van der Waals surface area contributed by atoms with Gasteiger partial charge in [0.25, 0.3) is 5.91 Å². The van der Waals surface area contributed by atoms with Gasteiger partial charge in [0.2, 0.25) is 5.88 Å². The maximum atomic E-state index is 12.7. The molecule has 1 saturated heterocycles. The number of morpholine rings is 1. The Bertz CT molecular complexity index is 931. The number of aromatic nitrogens is 3. The van der Waals surface area contributed by atoms with Crippen molar-refractivity contribution in [3.8, 4) is 17.1 Å². The highest BCUT2D eigenvalue weighted by Gasteiger charge is 2.19. The molecule has 0 bridgehead atoms. The van der Waals surface area contributed by atoms with Crippen LogP contribution in [0.3, 0.4) is 0 Å². The Morgan fingerprint density at radius 1 is 1.27 bits per heavy atom. The molecule has 1 amide bonds. The summed E-state index contributed by atoms with van der Waals surface area (Å²) in [4.78, 5) is 19.1. The highest BCUT2D eigenvalue weighted by molar-refractivity contribution is 5.97. The summed E-state index contributed by atoms with van der Waals surface area (Å²) in [5, 5.41) is 7.38. The second kappa shape index (κ2) is 7.13. The van der Waals surface area contributed by atoms with Gasteiger partial charge >= 0.3 is 0 Å². The normalized spacial score (nSPS) is 14.6. The van der Waals surface area contributed by atoms with Crippen molar-refractivity contribution in [1.29, 1.82) is 0 Å². The van der Waals surface area contributed by atoms with Crippen LogP contribution in [-0.4, -0.2) is 58.9 Å². The maximum Gasteiger partial charge on any atom is 0.254 e. The highest BCUT2D eigenvalue weighted by Crippen LogP contribution is 2.27. The Kier molecular flexibility index (Phi) is 4.53. The number of ether oxygens (including phenoxy) is 2. The van der Waals surface area contributed by atoms with Gasteiger partial charge in [0.1, 0.15) is 11.2 Å². The number of nitrogens with one attached hydrogen (secondary N) is 1. The fourth-order valence-corrected chi connectivity index (χ4v) is 3.06. The molecule has 2 aromatic heterocycles. The molecule has 0 aliphatic carbocycles. The van der Waals surface area contributed by atoms with Gasteiger partial charge in [-0.1, -0.05) is 12.1 Å². The van der Waals surface area contributed by atoms with E-state index < -0.39 is 0 Å². The zero-order valence-electron chi connectivity index (χ0n) is 14.6. The first-order valence-corrected chi connectivity index (χ1v) is 8.71. The zero-order valence-corrected chi connectivity index (χ0v) is 14.6. The highest BCUT2D eigenvalue weighted by atomic mass is 16.5. The van der Waals surface area contributed by atoms with Crippen molar-refractivity contribution in [2.45, 2.75) is 6.92 Å². The summed E-state index contributed by atoms with van der Waals surface area (Å²) in [5.74, 6) is 0.571. The van der Waals surface area contributed by atoms with Crippen LogP contribution in [0.2, 0.25) is 0 Å². The summed E-state index contributed by atoms with van der Waals surface area (Å²) in [6, 6.07) is 11.2. The van der Waals surface area contributed by atoms with E-state index in [0.717, 1.165) is 16.6 Å². The first-order valence-electron chi connectivity index (χ1n) is 8.71. The van der Waals surface area contributed by atoms with Crippen molar-refractivity contribution < 1.29 is 14.3 Å². The van der Waals surface area contributed by atoms with Gasteiger partial charge in [-0.2, -0.15) is 5.10 Å². The van der Waals surface area contributed by atoms with Crippen molar-refractivity contribution in [1.82, 2.24) is 20.1 Å². The molecule has 0 saturated carbocycles. The molecular weight excluding hydrogens is 332 g/mol. The summed E-state index contributed by atoms with van der Waals surface area (Å²) in [6.07, 6.45) is 0. The molecule has 7 nitrogen and oxygen atoms in total. The molecule has 1 N–H and O–H groups in total. The third-order valence-electron chi connectivity index (χ3n) is 4.36. The van der Waals surface area contributed by atoms with E-state index in [-0.39, 0.29) is 5.91 Å². The van der Waals surface area contributed by atoms with E-state index in [9.17, 15) is 4.79 Å². The van der Waals surface area contributed by atoms with Crippen molar-refractivity contribution in [3.05, 3.63) is 42.0 Å². The number of carbonyl (C=O) groups is 1. The minimum atomic E-state index is 0.0120. The summed E-state index contributed by atoms with van der Waals surface area (Å²) >= 11 is 0. The maximum absolute atomic E-state index is 12.7. The lowest BCUT2D eigenvalue weighted by atomic mass is 10.1. The second-order valence-electron chi connectivity index (χ2n) is 6.04. The molecule has 0 atom stereocenters. The Morgan fingerprint density at radius 3 is 2.92 bits per heavy atom. The zero-order chi connectivity index (χ0) is 17.9. The minimum absolute atomic E-state index is 0.0120. The number of carbonyl (C=O) groups excluding carboxylic acids is 1. The molecule has 1 aromatic carbocycles. The molecule has 3 aromatic rings. The van der Waals surface area contributed by atoms with Crippen LogP contribution in [0.1, 0.15) is 17.3 Å². The van der Waals surface area contributed by atoms with Gasteiger partial charge in [0.05, 0.1) is 25.3 Å². The summed E-state index contributed by atoms with van der Waals surface area (Å²) in [5.41, 5.74) is 3.75. The average Bonchev–Trinajstić information content (AvgIpc) is 3.12. The van der Waals surface area contributed by atoms with Gasteiger partial charge in [-0.15, -0.1) is 0 Å². The van der Waals surface area contributed by atoms with Crippen molar-refractivity contribution in [2.75, 3.05) is 32.9 Å². The van der Waals surface area contributed by atoms with Gasteiger partial charge in [0, 0.05) is 30.3 Å². The molecule has 1 aliphatic rings. The van der Waals surface area contributed by atoms with Gasteiger partial charge in [-0.25, -0.2) is 4.98 Å². The molecule has 7 heteroatoms. The van der Waals surface area contributed by atoms with Crippen LogP contribution in [0.5, 0.6) is 5.88 Å².